The second kappa shape index (κ2) is 7.23. The summed E-state index contributed by atoms with van der Waals surface area (Å²) in [6.07, 6.45) is 2.40. The maximum Gasteiger partial charge on any atom is 0.340 e. The van der Waals surface area contributed by atoms with Crippen LogP contribution >= 0.6 is 0 Å². The van der Waals surface area contributed by atoms with E-state index < -0.39 is 25.6 Å². The molecular weight excluding hydrogens is 468 g/mol. The summed E-state index contributed by atoms with van der Waals surface area (Å²) in [7, 11) is -2.20. The number of hydrogen-bond donors (Lipinski definition) is 1. The van der Waals surface area contributed by atoms with Gasteiger partial charge in [-0.05, 0) is 65.7 Å². The van der Waals surface area contributed by atoms with Crippen LogP contribution in [-0.4, -0.2) is 51.3 Å². The highest BCUT2D eigenvalue weighted by atomic mass is 28.3. The van der Waals surface area contributed by atoms with Gasteiger partial charge < -0.3 is 19.6 Å². The predicted octanol–water partition coefficient (Wildman–Crippen LogP) is 3.40. The summed E-state index contributed by atoms with van der Waals surface area (Å²) in [5, 5.41) is 12.3. The molecule has 6 nitrogen and oxygen atoms in total. The lowest BCUT2D eigenvalue weighted by atomic mass is 9.78. The number of anilines is 2. The topological polar surface area (TPSA) is 70.1 Å². The van der Waals surface area contributed by atoms with Crippen molar-refractivity contribution in [3.63, 3.8) is 0 Å². The highest BCUT2D eigenvalue weighted by molar-refractivity contribution is 7.01. The molecule has 3 aromatic carbocycles. The summed E-state index contributed by atoms with van der Waals surface area (Å²) in [6.45, 7) is 8.98. The number of fused-ring (bicyclic) bond motifs is 6. The average Bonchev–Trinajstić information content (AvgIpc) is 3.08. The van der Waals surface area contributed by atoms with Gasteiger partial charge in [0.25, 0.3) is 0 Å². The quantitative estimate of drug-likeness (QED) is 0.443. The summed E-state index contributed by atoms with van der Waals surface area (Å²) in [4.78, 5) is 30.0. The molecule has 0 unspecified atom stereocenters. The van der Waals surface area contributed by atoms with Crippen molar-refractivity contribution < 1.29 is 19.4 Å². The van der Waals surface area contributed by atoms with Crippen molar-refractivity contribution in [2.24, 2.45) is 0 Å². The normalized spacial score (nSPS) is 20.1. The van der Waals surface area contributed by atoms with E-state index in [4.69, 9.17) is 4.74 Å². The molecule has 2 fully saturated rings. The molecule has 4 heterocycles. The Bertz CT molecular complexity index is 1400. The molecular formula is C29H28N2O4Si. The summed E-state index contributed by atoms with van der Waals surface area (Å²) in [6, 6.07) is 17.9. The average molecular weight is 497 g/mol. The second-order valence-corrected chi connectivity index (χ2v) is 15.2. The van der Waals surface area contributed by atoms with Gasteiger partial charge >= 0.3 is 11.9 Å². The minimum Gasteiger partial charge on any atom is -0.478 e. The fraction of sp³-hybridized carbons (Fsp3) is 0.310. The Kier molecular flexibility index (Phi) is 4.35. The van der Waals surface area contributed by atoms with Gasteiger partial charge in [0.2, 0.25) is 0 Å². The number of carbonyl (C=O) groups is 2. The van der Waals surface area contributed by atoms with E-state index >= 15 is 0 Å². The SMILES string of the molecule is C[Si]1(C)c2cc(N3CCC3)ccc2C2(OC(=O)c3ccc(C(=O)O)cc32)c2ccc(N3CCC3)cc21. The fourth-order valence-corrected chi connectivity index (χ4v) is 9.51. The number of nitrogens with zero attached hydrogens (tertiary/aromatic N) is 2. The van der Waals surface area contributed by atoms with Crippen LogP contribution in [0, 0.1) is 0 Å². The minimum absolute atomic E-state index is 0.158. The number of carboxylic acid groups (broad SMARTS) is 1. The molecule has 0 saturated carbocycles. The standard InChI is InChI=1S/C29H28N2O4Si/c1-36(2)25-16-19(30-11-3-12-30)6-9-22(25)29(23-10-7-20(17-26(23)36)31-13-4-14-31)24-15-18(27(32)33)5-8-21(24)28(34)35-29/h5-10,15-17H,3-4,11-14H2,1-2H3,(H,32,33). The van der Waals surface area contributed by atoms with E-state index in [1.54, 1.807) is 12.1 Å². The van der Waals surface area contributed by atoms with Crippen molar-refractivity contribution in [2.45, 2.75) is 31.5 Å². The Labute approximate surface area is 211 Å². The lowest BCUT2D eigenvalue weighted by Crippen LogP contribution is -2.63. The number of carboxylic acids is 1. The molecule has 0 atom stereocenters. The van der Waals surface area contributed by atoms with Gasteiger partial charge in [-0.1, -0.05) is 25.2 Å². The highest BCUT2D eigenvalue weighted by Gasteiger charge is 2.56. The van der Waals surface area contributed by atoms with Crippen molar-refractivity contribution in [3.05, 3.63) is 82.4 Å². The van der Waals surface area contributed by atoms with Crippen molar-refractivity contribution in [1.82, 2.24) is 0 Å². The van der Waals surface area contributed by atoms with Gasteiger partial charge in [0.1, 0.15) is 8.07 Å². The maximum atomic E-state index is 13.3. The largest absolute Gasteiger partial charge is 0.478 e. The molecule has 1 N–H and O–H groups in total. The molecule has 4 aliphatic heterocycles. The Morgan fingerprint density at radius 1 is 0.833 bits per heavy atom. The van der Waals surface area contributed by atoms with E-state index in [-0.39, 0.29) is 5.56 Å². The second-order valence-electron chi connectivity index (χ2n) is 10.9. The van der Waals surface area contributed by atoms with Crippen LogP contribution in [0.3, 0.4) is 0 Å². The predicted molar refractivity (Wildman–Crippen MR) is 142 cm³/mol. The zero-order valence-electron chi connectivity index (χ0n) is 20.5. The van der Waals surface area contributed by atoms with Crippen molar-refractivity contribution in [3.8, 4) is 0 Å². The molecule has 36 heavy (non-hydrogen) atoms. The van der Waals surface area contributed by atoms with Gasteiger partial charge in [0.05, 0.1) is 11.1 Å². The molecule has 0 radical (unpaired) electrons. The van der Waals surface area contributed by atoms with Crippen molar-refractivity contribution >= 4 is 41.8 Å². The Morgan fingerprint density at radius 3 is 1.86 bits per heavy atom. The molecule has 2 saturated heterocycles. The van der Waals surface area contributed by atoms with Crippen LogP contribution < -0.4 is 20.2 Å². The van der Waals surface area contributed by atoms with E-state index in [1.165, 1.54) is 40.7 Å². The van der Waals surface area contributed by atoms with E-state index in [9.17, 15) is 14.7 Å². The van der Waals surface area contributed by atoms with Crippen molar-refractivity contribution in [2.75, 3.05) is 36.0 Å². The van der Waals surface area contributed by atoms with E-state index in [0.717, 1.165) is 37.3 Å². The molecule has 7 heteroatoms. The maximum absolute atomic E-state index is 13.3. The first kappa shape index (κ1) is 21.7. The lowest BCUT2D eigenvalue weighted by Gasteiger charge is -2.45. The van der Waals surface area contributed by atoms with Crippen molar-refractivity contribution in [1.29, 1.82) is 0 Å². The Morgan fingerprint density at radius 2 is 1.39 bits per heavy atom. The molecule has 0 aromatic heterocycles. The first-order valence-corrected chi connectivity index (χ1v) is 15.7. The highest BCUT2D eigenvalue weighted by Crippen LogP contribution is 2.49. The van der Waals surface area contributed by atoms with Crippen LogP contribution in [0.15, 0.2) is 54.6 Å². The van der Waals surface area contributed by atoms with Crippen LogP contribution in [-0.2, 0) is 10.3 Å². The molecule has 0 amide bonds. The first-order valence-electron chi connectivity index (χ1n) is 12.7. The van der Waals surface area contributed by atoms with Gasteiger partial charge in [0.15, 0.2) is 5.60 Å². The number of aromatic carboxylic acids is 1. The third-order valence-corrected chi connectivity index (χ3v) is 12.2. The molecule has 182 valence electrons. The summed E-state index contributed by atoms with van der Waals surface area (Å²) < 4.78 is 6.39. The number of benzene rings is 3. The zero-order chi connectivity index (χ0) is 24.8. The van der Waals surface area contributed by atoms with Gasteiger partial charge in [-0.25, -0.2) is 9.59 Å². The molecule has 0 aliphatic carbocycles. The van der Waals surface area contributed by atoms with Gasteiger partial charge in [-0.3, -0.25) is 0 Å². The monoisotopic (exact) mass is 496 g/mol. The smallest absolute Gasteiger partial charge is 0.340 e. The van der Waals surface area contributed by atoms with Crippen LogP contribution in [0.1, 0.15) is 50.2 Å². The van der Waals surface area contributed by atoms with Gasteiger partial charge in [-0.15, -0.1) is 0 Å². The number of hydrogen-bond acceptors (Lipinski definition) is 5. The molecule has 0 bridgehead atoms. The van der Waals surface area contributed by atoms with Crippen LogP contribution in [0.4, 0.5) is 11.4 Å². The summed E-state index contributed by atoms with van der Waals surface area (Å²) in [5.41, 5.74) is 4.45. The van der Waals surface area contributed by atoms with Crippen LogP contribution in [0.5, 0.6) is 0 Å². The first-order chi connectivity index (χ1) is 17.3. The molecule has 3 aromatic rings. The van der Waals surface area contributed by atoms with E-state index in [2.05, 4.69) is 59.3 Å². The lowest BCUT2D eigenvalue weighted by molar-refractivity contribution is 0.0255. The molecule has 4 aliphatic rings. The van der Waals surface area contributed by atoms with E-state index in [1.807, 2.05) is 0 Å². The molecule has 1 spiro atoms. The van der Waals surface area contributed by atoms with Crippen LogP contribution in [0.25, 0.3) is 0 Å². The fourth-order valence-electron chi connectivity index (χ4n) is 6.34. The number of carbonyl (C=O) groups excluding carboxylic acids is 1. The third-order valence-electron chi connectivity index (χ3n) is 8.67. The molecule has 7 rings (SSSR count). The van der Waals surface area contributed by atoms with Gasteiger partial charge in [0, 0.05) is 54.2 Å². The van der Waals surface area contributed by atoms with E-state index in [0.29, 0.717) is 11.1 Å². The zero-order valence-corrected chi connectivity index (χ0v) is 21.5. The third kappa shape index (κ3) is 2.72. The van der Waals surface area contributed by atoms with Gasteiger partial charge in [-0.2, -0.15) is 0 Å². The summed E-state index contributed by atoms with van der Waals surface area (Å²) >= 11 is 0. The number of rotatable bonds is 3. The number of esters is 1. The summed E-state index contributed by atoms with van der Waals surface area (Å²) in [5.74, 6) is -1.42. The minimum atomic E-state index is -2.20. The van der Waals surface area contributed by atoms with Crippen LogP contribution in [0.2, 0.25) is 13.1 Å². The Hall–Kier alpha value is -3.58. The Balaban J connectivity index is 1.54. The number of ether oxygens (including phenoxy) is 1.